The Labute approximate surface area is 154 Å². The van der Waals surface area contributed by atoms with E-state index in [2.05, 4.69) is 0 Å². The number of halogens is 2. The van der Waals surface area contributed by atoms with Gasteiger partial charge in [0.1, 0.15) is 12.2 Å². The molecular formula is C22H16F2O3. The van der Waals surface area contributed by atoms with Gasteiger partial charge in [-0.25, -0.2) is 8.78 Å². The Kier molecular flexibility index (Phi) is 3.18. The smallest absolute Gasteiger partial charge is 0.192 e. The van der Waals surface area contributed by atoms with Gasteiger partial charge in [-0.15, -0.1) is 0 Å². The molecule has 2 aliphatic heterocycles. The van der Waals surface area contributed by atoms with Gasteiger partial charge >= 0.3 is 0 Å². The molecule has 1 aliphatic carbocycles. The van der Waals surface area contributed by atoms with Crippen LogP contribution in [0.2, 0.25) is 0 Å². The number of benzene rings is 2. The average molecular weight is 366 g/mol. The quantitative estimate of drug-likeness (QED) is 0.686. The van der Waals surface area contributed by atoms with Crippen LogP contribution < -0.4 is 9.47 Å². The van der Waals surface area contributed by atoms with E-state index in [4.69, 9.17) is 9.47 Å². The molecular weight excluding hydrogens is 350 g/mol. The second kappa shape index (κ2) is 5.28. The summed E-state index contributed by atoms with van der Waals surface area (Å²) in [5.41, 5.74) is 1.28. The molecule has 5 heteroatoms. The topological polar surface area (TPSA) is 35.5 Å². The lowest BCUT2D eigenvalue weighted by atomic mass is 9.65. The van der Waals surface area contributed by atoms with Crippen LogP contribution in [0.1, 0.15) is 25.0 Å². The van der Waals surface area contributed by atoms with Crippen LogP contribution in [0.4, 0.5) is 8.78 Å². The Hall–Kier alpha value is -2.95. The van der Waals surface area contributed by atoms with Crippen molar-refractivity contribution in [3.05, 3.63) is 70.3 Å². The van der Waals surface area contributed by atoms with E-state index in [-0.39, 0.29) is 17.3 Å². The maximum Gasteiger partial charge on any atom is 0.192 e. The molecule has 0 aromatic heterocycles. The number of fused-ring (bicyclic) bond motifs is 4. The van der Waals surface area contributed by atoms with E-state index in [0.717, 1.165) is 0 Å². The van der Waals surface area contributed by atoms with Crippen molar-refractivity contribution in [3.8, 4) is 11.5 Å². The Morgan fingerprint density at radius 1 is 0.815 bits per heavy atom. The summed E-state index contributed by atoms with van der Waals surface area (Å²) in [7, 11) is 0. The maximum atomic E-state index is 14.2. The number of hydrogen-bond acceptors (Lipinski definition) is 3. The van der Waals surface area contributed by atoms with Crippen molar-refractivity contribution in [1.82, 2.24) is 0 Å². The normalized spacial score (nSPS) is 24.2. The van der Waals surface area contributed by atoms with Crippen molar-refractivity contribution in [3.63, 3.8) is 0 Å². The van der Waals surface area contributed by atoms with Gasteiger partial charge in [0.2, 0.25) is 0 Å². The molecule has 0 bridgehead atoms. The van der Waals surface area contributed by atoms with Crippen LogP contribution in [-0.2, 0) is 4.79 Å². The minimum absolute atomic E-state index is 0.127. The van der Waals surface area contributed by atoms with Crippen LogP contribution in [0, 0.1) is 17.0 Å². The Bertz CT molecular complexity index is 984. The van der Waals surface area contributed by atoms with Crippen LogP contribution >= 0.6 is 0 Å². The van der Waals surface area contributed by atoms with Gasteiger partial charge in [-0.05, 0) is 24.3 Å². The lowest BCUT2D eigenvalue weighted by molar-refractivity contribution is -0.119. The van der Waals surface area contributed by atoms with Crippen molar-refractivity contribution in [2.45, 2.75) is 26.1 Å². The molecule has 5 rings (SSSR count). The zero-order valence-electron chi connectivity index (χ0n) is 14.8. The second-order valence-electron chi connectivity index (χ2n) is 7.66. The summed E-state index contributed by atoms with van der Waals surface area (Å²) in [6.07, 6.45) is 2.00. The number of para-hydroxylation sites is 2. The summed E-state index contributed by atoms with van der Waals surface area (Å²) < 4.78 is 40.4. The van der Waals surface area contributed by atoms with Crippen molar-refractivity contribution in [2.24, 2.45) is 5.41 Å². The molecule has 3 aliphatic rings. The zero-order valence-corrected chi connectivity index (χ0v) is 14.8. The molecule has 3 nitrogen and oxygen atoms in total. The number of carbonyl (C=O) groups excluding carboxylic acids is 1. The summed E-state index contributed by atoms with van der Waals surface area (Å²) in [6, 6.07) is 9.23. The summed E-state index contributed by atoms with van der Waals surface area (Å²) in [4.78, 5) is 13.2. The van der Waals surface area contributed by atoms with Gasteiger partial charge in [-0.3, -0.25) is 4.79 Å². The third kappa shape index (κ3) is 2.14. The van der Waals surface area contributed by atoms with Gasteiger partial charge in [-0.2, -0.15) is 0 Å². The molecule has 0 unspecified atom stereocenters. The largest absolute Gasteiger partial charge is 0.481 e. The Balaban J connectivity index is 1.70. The summed E-state index contributed by atoms with van der Waals surface area (Å²) in [5, 5.41) is 0. The van der Waals surface area contributed by atoms with E-state index in [1.165, 1.54) is 12.1 Å². The average Bonchev–Trinajstić information content (AvgIpc) is 2.65. The van der Waals surface area contributed by atoms with Gasteiger partial charge in [0.05, 0.1) is 0 Å². The fourth-order valence-corrected chi connectivity index (χ4v) is 4.15. The van der Waals surface area contributed by atoms with E-state index in [1.54, 1.807) is 36.4 Å². The molecule has 136 valence electrons. The molecule has 0 amide bonds. The van der Waals surface area contributed by atoms with Crippen molar-refractivity contribution >= 4 is 17.9 Å². The first kappa shape index (κ1) is 16.2. The molecule has 1 fully saturated rings. The minimum atomic E-state index is -0.717. The van der Waals surface area contributed by atoms with E-state index in [9.17, 15) is 13.6 Å². The molecule has 2 atom stereocenters. The van der Waals surface area contributed by atoms with Gasteiger partial charge < -0.3 is 9.47 Å². The predicted octanol–water partition coefficient (Wildman–Crippen LogP) is 4.56. The minimum Gasteiger partial charge on any atom is -0.481 e. The van der Waals surface area contributed by atoms with E-state index < -0.39 is 29.3 Å². The highest BCUT2D eigenvalue weighted by Crippen LogP contribution is 2.50. The maximum absolute atomic E-state index is 14.2. The Morgan fingerprint density at radius 2 is 1.26 bits per heavy atom. The highest BCUT2D eigenvalue weighted by Gasteiger charge is 2.54. The fourth-order valence-electron chi connectivity index (χ4n) is 4.15. The Morgan fingerprint density at radius 3 is 1.70 bits per heavy atom. The third-order valence-corrected chi connectivity index (χ3v) is 5.53. The number of rotatable bonds is 0. The molecule has 0 N–H and O–H groups in total. The van der Waals surface area contributed by atoms with E-state index in [0.29, 0.717) is 22.3 Å². The fraction of sp³-hybridized carbons (Fsp3) is 0.227. The van der Waals surface area contributed by atoms with E-state index >= 15 is 0 Å². The van der Waals surface area contributed by atoms with Crippen LogP contribution in [0.3, 0.4) is 0 Å². The highest BCUT2D eigenvalue weighted by atomic mass is 19.1. The number of Topliss-reactive ketones (excluding diaryl/α,β-unsaturated/α-hetero) is 1. The molecule has 2 aromatic carbocycles. The number of ketones is 1. The molecule has 0 saturated heterocycles. The first-order chi connectivity index (χ1) is 12.9. The predicted molar refractivity (Wildman–Crippen MR) is 96.4 cm³/mol. The molecule has 0 spiro atoms. The second-order valence-corrected chi connectivity index (χ2v) is 7.66. The lowest BCUT2D eigenvalue weighted by Crippen LogP contribution is -2.56. The first-order valence-corrected chi connectivity index (χ1v) is 8.76. The summed E-state index contributed by atoms with van der Waals surface area (Å²) in [6.45, 7) is 3.77. The van der Waals surface area contributed by atoms with Gasteiger partial charge in [-0.1, -0.05) is 38.1 Å². The third-order valence-electron chi connectivity index (χ3n) is 5.53. The van der Waals surface area contributed by atoms with Crippen molar-refractivity contribution in [2.75, 3.05) is 0 Å². The summed E-state index contributed by atoms with van der Waals surface area (Å²) >= 11 is 0. The molecule has 2 heterocycles. The number of hydrogen-bond donors (Lipinski definition) is 0. The molecule has 27 heavy (non-hydrogen) atoms. The van der Waals surface area contributed by atoms with Gasteiger partial charge in [0.15, 0.2) is 28.9 Å². The standard InChI is InChI=1S/C22H16F2O3/c1-22(2)20-13(9-11-5-3-7-15(23)18(11)26-20)17(25)14-10-12-6-4-8-16(24)19(12)27-21(14)22/h3-10,20-21H,1-2H3/t20-,21+. The van der Waals surface area contributed by atoms with Crippen molar-refractivity contribution in [1.29, 1.82) is 0 Å². The molecule has 0 radical (unpaired) electrons. The van der Waals surface area contributed by atoms with Crippen LogP contribution in [0.15, 0.2) is 47.5 Å². The van der Waals surface area contributed by atoms with Crippen LogP contribution in [-0.4, -0.2) is 18.0 Å². The summed E-state index contributed by atoms with van der Waals surface area (Å²) in [5.74, 6) is -0.917. The van der Waals surface area contributed by atoms with Crippen LogP contribution in [0.5, 0.6) is 11.5 Å². The SMILES string of the molecule is CC1(C)[C@@H]2Oc3c(F)cccc3C=C2C(=O)C2=Cc3cccc(F)c3O[C@@H]21. The monoisotopic (exact) mass is 366 g/mol. The number of ether oxygens (including phenoxy) is 2. The lowest BCUT2D eigenvalue weighted by Gasteiger charge is -2.48. The van der Waals surface area contributed by atoms with E-state index in [1.807, 2.05) is 13.8 Å². The zero-order chi connectivity index (χ0) is 18.9. The first-order valence-electron chi connectivity index (χ1n) is 8.76. The molecule has 1 saturated carbocycles. The van der Waals surface area contributed by atoms with Crippen molar-refractivity contribution < 1.29 is 23.0 Å². The van der Waals surface area contributed by atoms with Crippen LogP contribution in [0.25, 0.3) is 12.2 Å². The highest BCUT2D eigenvalue weighted by molar-refractivity contribution is 6.16. The number of carbonyl (C=O) groups is 1. The van der Waals surface area contributed by atoms with Gasteiger partial charge in [0, 0.05) is 27.7 Å². The molecule has 2 aromatic rings. The van der Waals surface area contributed by atoms with Gasteiger partial charge in [0.25, 0.3) is 0 Å².